The summed E-state index contributed by atoms with van der Waals surface area (Å²) in [6.45, 7) is 3.10. The second kappa shape index (κ2) is 7.98. The predicted molar refractivity (Wildman–Crippen MR) is 106 cm³/mol. The number of aliphatic hydroxyl groups excluding tert-OH is 1. The Kier molecular flexibility index (Phi) is 5.66. The van der Waals surface area contributed by atoms with Gasteiger partial charge in [-0.2, -0.15) is 0 Å². The molecule has 1 N–H and O–H groups in total. The molecule has 0 bridgehead atoms. The number of benzene rings is 2. The molecule has 6 heteroatoms. The number of nitrogens with zero attached hydrogens (tertiary/aromatic N) is 1. The summed E-state index contributed by atoms with van der Waals surface area (Å²) in [7, 11) is 0. The fourth-order valence-electron chi connectivity index (χ4n) is 3.43. The molecule has 2 aromatic rings. The number of halogens is 1. The van der Waals surface area contributed by atoms with Crippen molar-refractivity contribution in [2.24, 2.45) is 0 Å². The van der Waals surface area contributed by atoms with Crippen LogP contribution in [-0.2, 0) is 16.0 Å². The van der Waals surface area contributed by atoms with E-state index in [0.29, 0.717) is 29.1 Å². The lowest BCUT2D eigenvalue weighted by Crippen LogP contribution is -2.33. The maximum atomic E-state index is 12.7. The molecule has 2 aromatic carbocycles. The first-order valence-electron chi connectivity index (χ1n) is 8.90. The first kappa shape index (κ1) is 19.8. The number of amides is 1. The van der Waals surface area contributed by atoms with Gasteiger partial charge in [-0.1, -0.05) is 48.0 Å². The van der Waals surface area contributed by atoms with Gasteiger partial charge in [0.05, 0.1) is 11.6 Å². The fraction of sp³-hybridized carbons (Fsp3) is 0.227. The molecule has 0 aliphatic carbocycles. The van der Waals surface area contributed by atoms with Crippen LogP contribution in [0.15, 0.2) is 59.9 Å². The molecule has 1 unspecified atom stereocenters. The summed E-state index contributed by atoms with van der Waals surface area (Å²) in [5, 5.41) is 10.9. The molecule has 0 saturated carbocycles. The summed E-state index contributed by atoms with van der Waals surface area (Å²) in [4.78, 5) is 37.8. The summed E-state index contributed by atoms with van der Waals surface area (Å²) in [5.41, 5.74) is 2.23. The smallest absolute Gasteiger partial charge is 0.290 e. The Hall–Kier alpha value is -2.92. The Morgan fingerprint density at radius 2 is 1.75 bits per heavy atom. The fourth-order valence-corrected chi connectivity index (χ4v) is 3.65. The quantitative estimate of drug-likeness (QED) is 0.745. The zero-order chi connectivity index (χ0) is 20.4. The SMILES string of the molecule is CC(=O)C1=C(O)C(=O)N(CCc2cccc(Cl)c2)C1c1ccc(C(C)=O)cc1. The van der Waals surface area contributed by atoms with Crippen molar-refractivity contribution >= 4 is 29.1 Å². The van der Waals surface area contributed by atoms with Crippen molar-refractivity contribution in [1.82, 2.24) is 4.90 Å². The zero-order valence-electron chi connectivity index (χ0n) is 15.6. The average molecular weight is 398 g/mol. The number of carbonyl (C=O) groups is 3. The van der Waals surface area contributed by atoms with Gasteiger partial charge in [0, 0.05) is 17.1 Å². The van der Waals surface area contributed by atoms with Crippen LogP contribution in [0.5, 0.6) is 0 Å². The summed E-state index contributed by atoms with van der Waals surface area (Å²) >= 11 is 6.02. The van der Waals surface area contributed by atoms with Gasteiger partial charge in [0.1, 0.15) is 0 Å². The Labute approximate surface area is 168 Å². The molecule has 1 heterocycles. The Morgan fingerprint density at radius 1 is 1.07 bits per heavy atom. The van der Waals surface area contributed by atoms with Crippen molar-refractivity contribution in [3.05, 3.63) is 81.6 Å². The van der Waals surface area contributed by atoms with Crippen LogP contribution < -0.4 is 0 Å². The van der Waals surface area contributed by atoms with Crippen molar-refractivity contribution < 1.29 is 19.5 Å². The van der Waals surface area contributed by atoms with E-state index in [1.54, 1.807) is 30.3 Å². The number of ketones is 2. The lowest BCUT2D eigenvalue weighted by molar-refractivity contribution is -0.129. The molecule has 0 radical (unpaired) electrons. The summed E-state index contributed by atoms with van der Waals surface area (Å²) in [5.74, 6) is -1.53. The molecular weight excluding hydrogens is 378 g/mol. The molecular formula is C22H20ClNO4. The van der Waals surface area contributed by atoms with Gasteiger partial charge in [0.25, 0.3) is 5.91 Å². The predicted octanol–water partition coefficient (Wildman–Crippen LogP) is 4.07. The lowest BCUT2D eigenvalue weighted by Gasteiger charge is -2.26. The molecule has 0 saturated heterocycles. The van der Waals surface area contributed by atoms with Gasteiger partial charge in [0.15, 0.2) is 17.3 Å². The first-order valence-corrected chi connectivity index (χ1v) is 9.27. The molecule has 1 aliphatic rings. The first-order chi connectivity index (χ1) is 13.3. The molecule has 28 heavy (non-hydrogen) atoms. The van der Waals surface area contributed by atoms with E-state index in [9.17, 15) is 19.5 Å². The summed E-state index contributed by atoms with van der Waals surface area (Å²) < 4.78 is 0. The highest BCUT2D eigenvalue weighted by atomic mass is 35.5. The van der Waals surface area contributed by atoms with Crippen molar-refractivity contribution in [3.63, 3.8) is 0 Å². The van der Waals surface area contributed by atoms with Crippen LogP contribution in [0.4, 0.5) is 0 Å². The highest BCUT2D eigenvalue weighted by Gasteiger charge is 2.42. The number of Topliss-reactive ketones (excluding diaryl/α,β-unsaturated/α-hetero) is 2. The molecule has 5 nitrogen and oxygen atoms in total. The lowest BCUT2D eigenvalue weighted by atomic mass is 9.95. The molecule has 1 aliphatic heterocycles. The van der Waals surface area contributed by atoms with E-state index in [1.807, 2.05) is 18.2 Å². The van der Waals surface area contributed by atoms with E-state index in [-0.39, 0.29) is 17.1 Å². The second-order valence-corrected chi connectivity index (χ2v) is 7.21. The van der Waals surface area contributed by atoms with Gasteiger partial charge in [-0.15, -0.1) is 0 Å². The van der Waals surface area contributed by atoms with E-state index >= 15 is 0 Å². The molecule has 1 atom stereocenters. The number of hydrogen-bond acceptors (Lipinski definition) is 4. The van der Waals surface area contributed by atoms with Crippen LogP contribution in [0, 0.1) is 0 Å². The second-order valence-electron chi connectivity index (χ2n) is 6.78. The molecule has 1 amide bonds. The summed E-state index contributed by atoms with van der Waals surface area (Å²) in [6, 6.07) is 13.4. The summed E-state index contributed by atoms with van der Waals surface area (Å²) in [6.07, 6.45) is 0.521. The number of carbonyl (C=O) groups excluding carboxylic acids is 3. The van der Waals surface area contributed by atoms with Gasteiger partial charge in [0.2, 0.25) is 0 Å². The standard InChI is InChI=1S/C22H20ClNO4/c1-13(25)16-6-8-17(9-7-16)20-19(14(2)26)21(27)22(28)24(20)11-10-15-4-3-5-18(23)12-15/h3-9,12,20,27H,10-11H2,1-2H3. The van der Waals surface area contributed by atoms with Gasteiger partial charge < -0.3 is 10.0 Å². The highest BCUT2D eigenvalue weighted by molar-refractivity contribution is 6.30. The minimum atomic E-state index is -0.690. The molecule has 0 spiro atoms. The number of aliphatic hydroxyl groups is 1. The van der Waals surface area contributed by atoms with Crippen LogP contribution in [0.25, 0.3) is 0 Å². The third-order valence-electron chi connectivity index (χ3n) is 4.85. The van der Waals surface area contributed by atoms with Crippen LogP contribution in [-0.4, -0.2) is 34.0 Å². The van der Waals surface area contributed by atoms with Crippen molar-refractivity contribution in [2.45, 2.75) is 26.3 Å². The molecule has 0 aromatic heterocycles. The van der Waals surface area contributed by atoms with E-state index in [4.69, 9.17) is 11.6 Å². The van der Waals surface area contributed by atoms with Crippen LogP contribution in [0.3, 0.4) is 0 Å². The largest absolute Gasteiger partial charge is 0.503 e. The maximum Gasteiger partial charge on any atom is 0.290 e. The average Bonchev–Trinajstić information content (AvgIpc) is 2.91. The minimum absolute atomic E-state index is 0.0722. The third-order valence-corrected chi connectivity index (χ3v) is 5.08. The highest BCUT2D eigenvalue weighted by Crippen LogP contribution is 2.37. The third kappa shape index (κ3) is 3.85. The molecule has 0 fully saturated rings. The van der Waals surface area contributed by atoms with E-state index < -0.39 is 17.7 Å². The van der Waals surface area contributed by atoms with Gasteiger partial charge in [-0.05, 0) is 43.5 Å². The maximum absolute atomic E-state index is 12.7. The monoisotopic (exact) mass is 397 g/mol. The van der Waals surface area contributed by atoms with Gasteiger partial charge >= 0.3 is 0 Å². The normalized spacial score (nSPS) is 16.6. The van der Waals surface area contributed by atoms with Crippen molar-refractivity contribution in [1.29, 1.82) is 0 Å². The Balaban J connectivity index is 1.94. The van der Waals surface area contributed by atoms with Gasteiger partial charge in [-0.25, -0.2) is 0 Å². The van der Waals surface area contributed by atoms with Crippen molar-refractivity contribution in [3.8, 4) is 0 Å². The van der Waals surface area contributed by atoms with Crippen molar-refractivity contribution in [2.75, 3.05) is 6.54 Å². The number of hydrogen-bond donors (Lipinski definition) is 1. The number of rotatable bonds is 6. The topological polar surface area (TPSA) is 74.7 Å². The van der Waals surface area contributed by atoms with E-state index in [2.05, 4.69) is 0 Å². The van der Waals surface area contributed by atoms with E-state index in [0.717, 1.165) is 5.56 Å². The zero-order valence-corrected chi connectivity index (χ0v) is 16.4. The van der Waals surface area contributed by atoms with Gasteiger partial charge in [-0.3, -0.25) is 14.4 Å². The van der Waals surface area contributed by atoms with E-state index in [1.165, 1.54) is 18.7 Å². The molecule has 3 rings (SSSR count). The van der Waals surface area contributed by atoms with Crippen LogP contribution in [0.2, 0.25) is 5.02 Å². The minimum Gasteiger partial charge on any atom is -0.503 e. The Bertz CT molecular complexity index is 978. The molecule has 144 valence electrons. The van der Waals surface area contributed by atoms with Crippen LogP contribution >= 0.6 is 11.6 Å². The Morgan fingerprint density at radius 3 is 2.32 bits per heavy atom. The van der Waals surface area contributed by atoms with Crippen LogP contribution in [0.1, 0.15) is 41.4 Å².